The monoisotopic (exact) mass is 287 g/mol. The molecule has 2 rings (SSSR count). The van der Waals surface area contributed by atoms with E-state index in [0.29, 0.717) is 0 Å². The predicted octanol–water partition coefficient (Wildman–Crippen LogP) is 4.46. The Morgan fingerprint density at radius 3 is 2.38 bits per heavy atom. The van der Waals surface area contributed by atoms with Crippen molar-refractivity contribution in [3.8, 4) is 5.75 Å². The van der Waals surface area contributed by atoms with Gasteiger partial charge < -0.3 is 14.5 Å². The number of aryl methyl sites for hydroxylation is 1. The molecule has 1 atom stereocenters. The Bertz CT molecular complexity index is 543. The standard InChI is InChI=1S/C18H25NO2/c1-5-10-19-18(16-11-14(4)20-12-16)15-6-8-17(9-7-15)21-13(2)3/h6-9,11-13,18-19H,5,10H2,1-4H3. The fraction of sp³-hybridized carbons (Fsp3) is 0.444. The highest BCUT2D eigenvalue weighted by atomic mass is 16.5. The van der Waals surface area contributed by atoms with E-state index in [9.17, 15) is 0 Å². The van der Waals surface area contributed by atoms with Gasteiger partial charge in [0.1, 0.15) is 11.5 Å². The molecule has 1 unspecified atom stereocenters. The molecule has 0 aliphatic rings. The molecule has 1 N–H and O–H groups in total. The van der Waals surface area contributed by atoms with Gasteiger partial charge in [-0.3, -0.25) is 0 Å². The van der Waals surface area contributed by atoms with Crippen molar-refractivity contribution in [1.82, 2.24) is 5.32 Å². The summed E-state index contributed by atoms with van der Waals surface area (Å²) in [6.45, 7) is 9.19. The van der Waals surface area contributed by atoms with Gasteiger partial charge in [0, 0.05) is 5.56 Å². The minimum atomic E-state index is 0.162. The van der Waals surface area contributed by atoms with Gasteiger partial charge in [-0.25, -0.2) is 0 Å². The zero-order valence-electron chi connectivity index (χ0n) is 13.3. The number of hydrogen-bond donors (Lipinski definition) is 1. The quantitative estimate of drug-likeness (QED) is 0.816. The molecule has 0 saturated heterocycles. The third kappa shape index (κ3) is 4.36. The maximum Gasteiger partial charge on any atom is 0.119 e. The highest BCUT2D eigenvalue weighted by Gasteiger charge is 2.15. The van der Waals surface area contributed by atoms with Gasteiger partial charge in [0.2, 0.25) is 0 Å². The average molecular weight is 287 g/mol. The highest BCUT2D eigenvalue weighted by molar-refractivity contribution is 5.35. The molecule has 0 aliphatic heterocycles. The lowest BCUT2D eigenvalue weighted by Crippen LogP contribution is -2.22. The Labute approximate surface area is 127 Å². The highest BCUT2D eigenvalue weighted by Crippen LogP contribution is 2.26. The van der Waals surface area contributed by atoms with Crippen LogP contribution in [0.2, 0.25) is 0 Å². The Hall–Kier alpha value is -1.74. The first-order valence-electron chi connectivity index (χ1n) is 7.65. The minimum absolute atomic E-state index is 0.162. The first-order chi connectivity index (χ1) is 10.1. The van der Waals surface area contributed by atoms with Crippen molar-refractivity contribution in [2.24, 2.45) is 0 Å². The molecule has 0 amide bonds. The summed E-state index contributed by atoms with van der Waals surface area (Å²) < 4.78 is 11.2. The Kier molecular flexibility index (Phi) is 5.45. The molecular weight excluding hydrogens is 262 g/mol. The van der Waals surface area contributed by atoms with Crippen LogP contribution >= 0.6 is 0 Å². The van der Waals surface area contributed by atoms with Crippen LogP contribution in [0, 0.1) is 6.92 Å². The second kappa shape index (κ2) is 7.32. The molecule has 2 aromatic rings. The minimum Gasteiger partial charge on any atom is -0.491 e. The van der Waals surface area contributed by atoms with E-state index in [-0.39, 0.29) is 12.1 Å². The summed E-state index contributed by atoms with van der Waals surface area (Å²) in [6.07, 6.45) is 3.13. The molecule has 0 aliphatic carbocycles. The zero-order valence-corrected chi connectivity index (χ0v) is 13.3. The summed E-state index contributed by atoms with van der Waals surface area (Å²) in [5.41, 5.74) is 2.39. The first kappa shape index (κ1) is 15.6. The van der Waals surface area contributed by atoms with Crippen LogP contribution in [0.15, 0.2) is 41.0 Å². The van der Waals surface area contributed by atoms with Crippen LogP contribution in [0.5, 0.6) is 5.75 Å². The van der Waals surface area contributed by atoms with Gasteiger partial charge in [-0.15, -0.1) is 0 Å². The van der Waals surface area contributed by atoms with E-state index in [0.717, 1.165) is 24.5 Å². The van der Waals surface area contributed by atoms with Crippen molar-refractivity contribution in [3.05, 3.63) is 53.5 Å². The van der Waals surface area contributed by atoms with Crippen molar-refractivity contribution in [1.29, 1.82) is 0 Å². The van der Waals surface area contributed by atoms with Gasteiger partial charge in [0.25, 0.3) is 0 Å². The average Bonchev–Trinajstić information content (AvgIpc) is 2.87. The number of furan rings is 1. The number of rotatable bonds is 7. The summed E-state index contributed by atoms with van der Waals surface area (Å²) in [4.78, 5) is 0. The van der Waals surface area contributed by atoms with Gasteiger partial charge in [0.05, 0.1) is 18.4 Å². The Morgan fingerprint density at radius 2 is 1.86 bits per heavy atom. The zero-order chi connectivity index (χ0) is 15.2. The maximum absolute atomic E-state index is 5.70. The van der Waals surface area contributed by atoms with Crippen LogP contribution in [0.4, 0.5) is 0 Å². The predicted molar refractivity (Wildman–Crippen MR) is 85.8 cm³/mol. The Balaban J connectivity index is 2.20. The van der Waals surface area contributed by atoms with Gasteiger partial charge in [-0.2, -0.15) is 0 Å². The van der Waals surface area contributed by atoms with Crippen molar-refractivity contribution in [3.63, 3.8) is 0 Å². The van der Waals surface area contributed by atoms with Crippen LogP contribution in [0.3, 0.4) is 0 Å². The topological polar surface area (TPSA) is 34.4 Å². The first-order valence-corrected chi connectivity index (χ1v) is 7.65. The van der Waals surface area contributed by atoms with Gasteiger partial charge >= 0.3 is 0 Å². The summed E-state index contributed by atoms with van der Waals surface area (Å²) in [6, 6.07) is 10.5. The molecule has 1 aromatic heterocycles. The molecule has 0 fully saturated rings. The smallest absolute Gasteiger partial charge is 0.119 e. The molecule has 114 valence electrons. The second-order valence-corrected chi connectivity index (χ2v) is 5.61. The molecule has 0 spiro atoms. The Morgan fingerprint density at radius 1 is 1.14 bits per heavy atom. The van der Waals surface area contributed by atoms with Gasteiger partial charge in [0.15, 0.2) is 0 Å². The molecule has 0 saturated carbocycles. The summed E-state index contributed by atoms with van der Waals surface area (Å²) >= 11 is 0. The summed E-state index contributed by atoms with van der Waals surface area (Å²) in [5.74, 6) is 1.85. The maximum atomic E-state index is 5.70. The molecular formula is C18H25NO2. The molecule has 3 nitrogen and oxygen atoms in total. The van der Waals surface area contributed by atoms with Crippen molar-refractivity contribution < 1.29 is 9.15 Å². The van der Waals surface area contributed by atoms with Crippen LogP contribution in [-0.4, -0.2) is 12.6 Å². The third-order valence-corrected chi connectivity index (χ3v) is 3.27. The van der Waals surface area contributed by atoms with E-state index in [1.807, 2.05) is 39.2 Å². The summed E-state index contributed by atoms with van der Waals surface area (Å²) in [5, 5.41) is 3.57. The van der Waals surface area contributed by atoms with Crippen molar-refractivity contribution in [2.75, 3.05) is 6.54 Å². The van der Waals surface area contributed by atoms with E-state index in [1.54, 1.807) is 0 Å². The molecule has 0 radical (unpaired) electrons. The molecule has 21 heavy (non-hydrogen) atoms. The molecule has 1 aromatic carbocycles. The van der Waals surface area contributed by atoms with Gasteiger partial charge in [-0.05, 0) is 57.5 Å². The SMILES string of the molecule is CCCNC(c1ccc(OC(C)C)cc1)c1coc(C)c1. The van der Waals surface area contributed by atoms with E-state index in [4.69, 9.17) is 9.15 Å². The fourth-order valence-electron chi connectivity index (χ4n) is 2.34. The molecule has 3 heteroatoms. The molecule has 0 bridgehead atoms. The van der Waals surface area contributed by atoms with E-state index < -0.39 is 0 Å². The lowest BCUT2D eigenvalue weighted by atomic mass is 10.0. The van der Waals surface area contributed by atoms with Crippen LogP contribution < -0.4 is 10.1 Å². The molecule has 1 heterocycles. The van der Waals surface area contributed by atoms with Crippen LogP contribution in [-0.2, 0) is 0 Å². The number of hydrogen-bond acceptors (Lipinski definition) is 3. The number of benzene rings is 1. The lowest BCUT2D eigenvalue weighted by Gasteiger charge is -2.18. The van der Waals surface area contributed by atoms with E-state index in [2.05, 4.69) is 30.4 Å². The third-order valence-electron chi connectivity index (χ3n) is 3.27. The van der Waals surface area contributed by atoms with E-state index in [1.165, 1.54) is 11.1 Å². The fourth-order valence-corrected chi connectivity index (χ4v) is 2.34. The number of ether oxygens (including phenoxy) is 1. The van der Waals surface area contributed by atoms with Crippen molar-refractivity contribution in [2.45, 2.75) is 46.3 Å². The van der Waals surface area contributed by atoms with Gasteiger partial charge in [-0.1, -0.05) is 19.1 Å². The second-order valence-electron chi connectivity index (χ2n) is 5.61. The van der Waals surface area contributed by atoms with E-state index >= 15 is 0 Å². The lowest BCUT2D eigenvalue weighted by molar-refractivity contribution is 0.242. The number of nitrogens with one attached hydrogen (secondary N) is 1. The normalized spacial score (nSPS) is 12.6. The van der Waals surface area contributed by atoms with Crippen molar-refractivity contribution >= 4 is 0 Å². The van der Waals surface area contributed by atoms with Crippen LogP contribution in [0.25, 0.3) is 0 Å². The largest absolute Gasteiger partial charge is 0.491 e. The van der Waals surface area contributed by atoms with Crippen LogP contribution in [0.1, 0.15) is 50.1 Å². The summed E-state index contributed by atoms with van der Waals surface area (Å²) in [7, 11) is 0.